The quantitative estimate of drug-likeness (QED) is 0.440. The molecular weight excluding hydrogens is 451 g/mol. The maximum atomic E-state index is 13.6. The summed E-state index contributed by atoms with van der Waals surface area (Å²) in [4.78, 5) is 23.9. The van der Waals surface area contributed by atoms with E-state index in [0.29, 0.717) is 11.8 Å². The van der Waals surface area contributed by atoms with Crippen LogP contribution in [0.2, 0.25) is 0 Å². The molecule has 0 fully saturated rings. The van der Waals surface area contributed by atoms with Crippen molar-refractivity contribution in [3.05, 3.63) is 83.6 Å². The minimum Gasteiger partial charge on any atom is -0.468 e. The van der Waals surface area contributed by atoms with Gasteiger partial charge in [-0.25, -0.2) is 26.3 Å². The number of nitrogens with one attached hydrogen (secondary N) is 3. The third-order valence-electron chi connectivity index (χ3n) is 4.16. The van der Waals surface area contributed by atoms with Crippen LogP contribution in [0.15, 0.2) is 64.1 Å². The summed E-state index contributed by atoms with van der Waals surface area (Å²) in [6.45, 7) is -0.646. The number of benzene rings is 2. The summed E-state index contributed by atoms with van der Waals surface area (Å²) in [5.41, 5.74) is -0.526. The molecule has 12 heteroatoms. The van der Waals surface area contributed by atoms with E-state index in [1.165, 1.54) is 30.5 Å². The Hall–Kier alpha value is -3.64. The Balaban J connectivity index is 1.55. The third kappa shape index (κ3) is 5.53. The Kier molecular flexibility index (Phi) is 6.95. The second-order valence-electron chi connectivity index (χ2n) is 6.38. The molecule has 0 atom stereocenters. The van der Waals surface area contributed by atoms with Crippen LogP contribution in [-0.4, -0.2) is 26.8 Å². The first-order valence-corrected chi connectivity index (χ1v) is 10.5. The highest BCUT2D eigenvalue weighted by atomic mass is 32.2. The van der Waals surface area contributed by atoms with Gasteiger partial charge in [0, 0.05) is 5.56 Å². The van der Waals surface area contributed by atoms with Crippen LogP contribution in [0.4, 0.5) is 18.9 Å². The van der Waals surface area contributed by atoms with Crippen LogP contribution in [0.25, 0.3) is 0 Å². The molecular formula is C20H16F3N3O5S. The van der Waals surface area contributed by atoms with E-state index in [1.807, 2.05) is 5.32 Å². The molecule has 2 aromatic carbocycles. The molecule has 0 aliphatic rings. The number of sulfonamides is 1. The van der Waals surface area contributed by atoms with Crippen LogP contribution < -0.4 is 15.4 Å². The van der Waals surface area contributed by atoms with Crippen LogP contribution >= 0.6 is 0 Å². The minimum absolute atomic E-state index is 0.0504. The maximum Gasteiger partial charge on any atom is 0.251 e. The van der Waals surface area contributed by atoms with Crippen LogP contribution in [0, 0.1) is 17.5 Å². The monoisotopic (exact) mass is 467 g/mol. The van der Waals surface area contributed by atoms with E-state index in [1.54, 1.807) is 12.1 Å². The van der Waals surface area contributed by atoms with Gasteiger partial charge in [0.25, 0.3) is 5.91 Å². The van der Waals surface area contributed by atoms with Gasteiger partial charge in [-0.05, 0) is 48.5 Å². The fourth-order valence-electron chi connectivity index (χ4n) is 2.53. The summed E-state index contributed by atoms with van der Waals surface area (Å²) in [6.07, 6.45) is 1.41. The Bertz CT molecular complexity index is 1230. The Morgan fingerprint density at radius 2 is 1.66 bits per heavy atom. The molecule has 1 heterocycles. The van der Waals surface area contributed by atoms with Crippen LogP contribution in [0.5, 0.6) is 0 Å². The molecule has 168 valence electrons. The lowest BCUT2D eigenvalue weighted by molar-refractivity contribution is -0.115. The Labute approximate surface area is 180 Å². The molecule has 1 aromatic heterocycles. The molecule has 0 aliphatic heterocycles. The topological polar surface area (TPSA) is 118 Å². The lowest BCUT2D eigenvalue weighted by atomic mass is 10.2. The molecule has 0 aliphatic carbocycles. The largest absolute Gasteiger partial charge is 0.468 e. The Morgan fingerprint density at radius 1 is 0.938 bits per heavy atom. The van der Waals surface area contributed by atoms with Crippen molar-refractivity contribution < 1.29 is 35.6 Å². The molecule has 2 amide bonds. The van der Waals surface area contributed by atoms with Gasteiger partial charge in [0.05, 0.1) is 29.9 Å². The number of rotatable bonds is 8. The van der Waals surface area contributed by atoms with Crippen molar-refractivity contribution in [3.63, 3.8) is 0 Å². The van der Waals surface area contributed by atoms with Crippen molar-refractivity contribution in [2.75, 3.05) is 11.9 Å². The highest BCUT2D eigenvalue weighted by Gasteiger charge is 2.17. The SMILES string of the molecule is O=C(CNC(=O)c1ccc(S(=O)(=O)NCc2ccco2)cc1)Nc1ccc(F)c(F)c1F. The molecule has 3 N–H and O–H groups in total. The van der Waals surface area contributed by atoms with Crippen molar-refractivity contribution in [2.45, 2.75) is 11.4 Å². The smallest absolute Gasteiger partial charge is 0.251 e. The summed E-state index contributed by atoms with van der Waals surface area (Å²) < 4.78 is 71.6. The van der Waals surface area contributed by atoms with E-state index in [9.17, 15) is 31.2 Å². The molecule has 3 rings (SSSR count). The lowest BCUT2D eigenvalue weighted by Crippen LogP contribution is -2.33. The first-order chi connectivity index (χ1) is 15.2. The van der Waals surface area contributed by atoms with E-state index in [4.69, 9.17) is 4.42 Å². The number of carbonyl (C=O) groups is 2. The number of carbonyl (C=O) groups excluding carboxylic acids is 2. The molecule has 0 bridgehead atoms. The average molecular weight is 467 g/mol. The van der Waals surface area contributed by atoms with Gasteiger partial charge in [-0.1, -0.05) is 0 Å². The van der Waals surface area contributed by atoms with E-state index in [-0.39, 0.29) is 17.0 Å². The predicted octanol–water partition coefficient (Wildman–Crippen LogP) is 2.54. The molecule has 0 spiro atoms. The molecule has 32 heavy (non-hydrogen) atoms. The van der Waals surface area contributed by atoms with Gasteiger partial charge in [-0.3, -0.25) is 9.59 Å². The van der Waals surface area contributed by atoms with Crippen molar-refractivity contribution in [2.24, 2.45) is 0 Å². The first-order valence-electron chi connectivity index (χ1n) is 9.01. The first kappa shape index (κ1) is 23.0. The number of anilines is 1. The zero-order valence-corrected chi connectivity index (χ0v) is 17.0. The predicted molar refractivity (Wildman–Crippen MR) is 106 cm³/mol. The van der Waals surface area contributed by atoms with E-state index in [0.717, 1.165) is 6.07 Å². The minimum atomic E-state index is -3.85. The molecule has 0 saturated heterocycles. The van der Waals surface area contributed by atoms with Crippen LogP contribution in [0.3, 0.4) is 0 Å². The summed E-state index contributed by atoms with van der Waals surface area (Å²) in [6, 6.07) is 9.59. The van der Waals surface area contributed by atoms with Gasteiger partial charge < -0.3 is 15.1 Å². The van der Waals surface area contributed by atoms with Crippen molar-refractivity contribution >= 4 is 27.5 Å². The second-order valence-corrected chi connectivity index (χ2v) is 8.15. The van der Waals surface area contributed by atoms with Gasteiger partial charge in [-0.15, -0.1) is 0 Å². The van der Waals surface area contributed by atoms with E-state index < -0.39 is 51.5 Å². The molecule has 0 unspecified atom stereocenters. The highest BCUT2D eigenvalue weighted by molar-refractivity contribution is 7.89. The number of amides is 2. The van der Waals surface area contributed by atoms with E-state index in [2.05, 4.69) is 10.0 Å². The molecule has 0 saturated carbocycles. The number of halogens is 3. The van der Waals surface area contributed by atoms with Gasteiger partial charge in [-0.2, -0.15) is 0 Å². The maximum absolute atomic E-state index is 13.6. The third-order valence-corrected chi connectivity index (χ3v) is 5.58. The molecule has 3 aromatic rings. The molecule has 0 radical (unpaired) electrons. The molecule has 8 nitrogen and oxygen atoms in total. The number of furan rings is 1. The van der Waals surface area contributed by atoms with Crippen molar-refractivity contribution in [3.8, 4) is 0 Å². The average Bonchev–Trinajstić information content (AvgIpc) is 3.30. The van der Waals surface area contributed by atoms with Crippen LogP contribution in [0.1, 0.15) is 16.1 Å². The lowest BCUT2D eigenvalue weighted by Gasteiger charge is -2.09. The zero-order chi connectivity index (χ0) is 23.3. The second kappa shape index (κ2) is 9.66. The number of hydrogen-bond donors (Lipinski definition) is 3. The standard InChI is InChI=1S/C20H16F3N3O5S/c21-15-7-8-16(19(23)18(15)22)26-17(27)11-24-20(28)12-3-5-14(6-4-12)32(29,30)25-10-13-2-1-9-31-13/h1-9,25H,10-11H2,(H,24,28)(H,26,27). The summed E-state index contributed by atoms with van der Waals surface area (Å²) in [5, 5.41) is 4.26. The van der Waals surface area contributed by atoms with Gasteiger partial charge in [0.2, 0.25) is 15.9 Å². The van der Waals surface area contributed by atoms with Gasteiger partial charge in [0.15, 0.2) is 17.5 Å². The fourth-order valence-corrected chi connectivity index (χ4v) is 3.52. The normalized spacial score (nSPS) is 11.2. The number of hydrogen-bond acceptors (Lipinski definition) is 5. The highest BCUT2D eigenvalue weighted by Crippen LogP contribution is 2.19. The summed E-state index contributed by atoms with van der Waals surface area (Å²) in [7, 11) is -3.85. The van der Waals surface area contributed by atoms with E-state index >= 15 is 0 Å². The van der Waals surface area contributed by atoms with Crippen molar-refractivity contribution in [1.29, 1.82) is 0 Å². The zero-order valence-electron chi connectivity index (χ0n) is 16.2. The Morgan fingerprint density at radius 3 is 2.31 bits per heavy atom. The summed E-state index contributed by atoms with van der Waals surface area (Å²) in [5.74, 6) is -5.88. The fraction of sp³-hybridized carbons (Fsp3) is 0.100. The van der Waals surface area contributed by atoms with Gasteiger partial charge >= 0.3 is 0 Å². The van der Waals surface area contributed by atoms with Crippen molar-refractivity contribution in [1.82, 2.24) is 10.0 Å². The summed E-state index contributed by atoms with van der Waals surface area (Å²) >= 11 is 0. The van der Waals surface area contributed by atoms with Gasteiger partial charge in [0.1, 0.15) is 5.76 Å². The van der Waals surface area contributed by atoms with Crippen LogP contribution in [-0.2, 0) is 21.4 Å².